The Bertz CT molecular complexity index is 594. The second-order valence-corrected chi connectivity index (χ2v) is 4.57. The largest absolute Gasteiger partial charge is 0.340 e. The summed E-state index contributed by atoms with van der Waals surface area (Å²) in [5.74, 6) is 0.708. The molecule has 2 rings (SSSR count). The standard InChI is InChI=1S/C16H17N3/c1-3-4-13-5-7-15(8-6-13)19-16-10-14(11-17)9-12(2)18-16/h5-10H,3-4H2,1-2H3,(H,18,19). The van der Waals surface area contributed by atoms with E-state index in [4.69, 9.17) is 5.26 Å². The first-order valence-electron chi connectivity index (χ1n) is 6.46. The van der Waals surface area contributed by atoms with Crippen molar-refractivity contribution in [2.45, 2.75) is 26.7 Å². The van der Waals surface area contributed by atoms with Crippen LogP contribution in [0.4, 0.5) is 11.5 Å². The van der Waals surface area contributed by atoms with E-state index in [0.29, 0.717) is 11.4 Å². The number of aryl methyl sites for hydroxylation is 2. The molecule has 0 radical (unpaired) electrons. The van der Waals surface area contributed by atoms with E-state index in [2.05, 4.69) is 35.4 Å². The number of aromatic nitrogens is 1. The zero-order valence-electron chi connectivity index (χ0n) is 11.3. The van der Waals surface area contributed by atoms with Gasteiger partial charge in [0.15, 0.2) is 0 Å². The third-order valence-electron chi connectivity index (χ3n) is 2.85. The summed E-state index contributed by atoms with van der Waals surface area (Å²) in [5.41, 5.74) is 3.78. The molecule has 0 amide bonds. The second kappa shape index (κ2) is 6.01. The molecule has 0 spiro atoms. The molecule has 0 fully saturated rings. The maximum absolute atomic E-state index is 8.94. The van der Waals surface area contributed by atoms with Crippen LogP contribution in [0.3, 0.4) is 0 Å². The maximum atomic E-state index is 8.94. The predicted molar refractivity (Wildman–Crippen MR) is 77.4 cm³/mol. The van der Waals surface area contributed by atoms with Crippen LogP contribution in [-0.4, -0.2) is 4.98 Å². The van der Waals surface area contributed by atoms with Crippen LogP contribution in [0.1, 0.15) is 30.2 Å². The summed E-state index contributed by atoms with van der Waals surface area (Å²) in [6.45, 7) is 4.06. The summed E-state index contributed by atoms with van der Waals surface area (Å²) in [4.78, 5) is 4.37. The number of nitrogens with one attached hydrogen (secondary N) is 1. The topological polar surface area (TPSA) is 48.7 Å². The van der Waals surface area contributed by atoms with Crippen LogP contribution >= 0.6 is 0 Å². The number of benzene rings is 1. The summed E-state index contributed by atoms with van der Waals surface area (Å²) in [6, 6.07) is 14.0. The van der Waals surface area contributed by atoms with Gasteiger partial charge in [0, 0.05) is 11.4 Å². The van der Waals surface area contributed by atoms with Crippen LogP contribution in [-0.2, 0) is 6.42 Å². The molecule has 0 saturated heterocycles. The summed E-state index contributed by atoms with van der Waals surface area (Å²) >= 11 is 0. The van der Waals surface area contributed by atoms with Gasteiger partial charge < -0.3 is 5.32 Å². The van der Waals surface area contributed by atoms with Crippen LogP contribution in [0.15, 0.2) is 36.4 Å². The van der Waals surface area contributed by atoms with Crippen LogP contribution in [0.25, 0.3) is 0 Å². The van der Waals surface area contributed by atoms with E-state index in [1.54, 1.807) is 12.1 Å². The molecule has 1 N–H and O–H groups in total. The van der Waals surface area contributed by atoms with Crippen molar-refractivity contribution in [3.63, 3.8) is 0 Å². The van der Waals surface area contributed by atoms with Crippen molar-refractivity contribution >= 4 is 11.5 Å². The maximum Gasteiger partial charge on any atom is 0.131 e. The fraction of sp³-hybridized carbons (Fsp3) is 0.250. The van der Waals surface area contributed by atoms with Crippen molar-refractivity contribution < 1.29 is 0 Å². The molecule has 0 atom stereocenters. The minimum atomic E-state index is 0.623. The molecule has 0 aliphatic rings. The number of rotatable bonds is 4. The van der Waals surface area contributed by atoms with E-state index < -0.39 is 0 Å². The number of hydrogen-bond donors (Lipinski definition) is 1. The normalized spacial score (nSPS) is 9.95. The lowest BCUT2D eigenvalue weighted by Crippen LogP contribution is -1.96. The van der Waals surface area contributed by atoms with Gasteiger partial charge in [-0.1, -0.05) is 25.5 Å². The van der Waals surface area contributed by atoms with Gasteiger partial charge >= 0.3 is 0 Å². The van der Waals surface area contributed by atoms with E-state index in [1.165, 1.54) is 5.56 Å². The molecule has 3 nitrogen and oxygen atoms in total. The van der Waals surface area contributed by atoms with Crippen molar-refractivity contribution in [3.8, 4) is 6.07 Å². The molecule has 0 unspecified atom stereocenters. The molecule has 0 bridgehead atoms. The van der Waals surface area contributed by atoms with Crippen molar-refractivity contribution in [3.05, 3.63) is 53.2 Å². The number of nitrogens with zero attached hydrogens (tertiary/aromatic N) is 2. The molecule has 1 heterocycles. The molecule has 0 aliphatic heterocycles. The van der Waals surface area contributed by atoms with Crippen molar-refractivity contribution in [2.75, 3.05) is 5.32 Å². The molecular formula is C16H17N3. The average Bonchev–Trinajstić information content (AvgIpc) is 2.40. The first-order chi connectivity index (χ1) is 9.21. The van der Waals surface area contributed by atoms with Gasteiger partial charge in [0.2, 0.25) is 0 Å². The Labute approximate surface area is 113 Å². The lowest BCUT2D eigenvalue weighted by molar-refractivity contribution is 0.922. The fourth-order valence-electron chi connectivity index (χ4n) is 1.99. The highest BCUT2D eigenvalue weighted by molar-refractivity contribution is 5.58. The van der Waals surface area contributed by atoms with E-state index in [1.807, 2.05) is 19.1 Å². The van der Waals surface area contributed by atoms with Gasteiger partial charge in [-0.05, 0) is 43.2 Å². The molecule has 1 aromatic heterocycles. The van der Waals surface area contributed by atoms with Gasteiger partial charge in [0.1, 0.15) is 5.82 Å². The van der Waals surface area contributed by atoms with Crippen LogP contribution in [0.5, 0.6) is 0 Å². The third-order valence-corrected chi connectivity index (χ3v) is 2.85. The molecule has 0 saturated carbocycles. The molecule has 2 aromatic rings. The van der Waals surface area contributed by atoms with Gasteiger partial charge in [-0.2, -0.15) is 5.26 Å². The first-order valence-corrected chi connectivity index (χ1v) is 6.46. The van der Waals surface area contributed by atoms with Gasteiger partial charge in [-0.15, -0.1) is 0 Å². The minimum Gasteiger partial charge on any atom is -0.340 e. The van der Waals surface area contributed by atoms with Crippen LogP contribution < -0.4 is 5.32 Å². The molecule has 96 valence electrons. The Morgan fingerprint density at radius 1 is 1.21 bits per heavy atom. The number of pyridine rings is 1. The SMILES string of the molecule is CCCc1ccc(Nc2cc(C#N)cc(C)n2)cc1. The second-order valence-electron chi connectivity index (χ2n) is 4.57. The Balaban J connectivity index is 2.17. The number of hydrogen-bond acceptors (Lipinski definition) is 3. The third kappa shape index (κ3) is 3.56. The monoisotopic (exact) mass is 251 g/mol. The van der Waals surface area contributed by atoms with Gasteiger partial charge in [-0.25, -0.2) is 4.98 Å². The van der Waals surface area contributed by atoms with Crippen molar-refractivity contribution in [1.82, 2.24) is 4.98 Å². The zero-order chi connectivity index (χ0) is 13.7. The summed E-state index contributed by atoms with van der Waals surface area (Å²) in [5, 5.41) is 12.2. The highest BCUT2D eigenvalue weighted by atomic mass is 15.0. The van der Waals surface area contributed by atoms with E-state index in [-0.39, 0.29) is 0 Å². The number of anilines is 2. The Morgan fingerprint density at radius 3 is 2.58 bits per heavy atom. The molecular weight excluding hydrogens is 234 g/mol. The summed E-state index contributed by atoms with van der Waals surface area (Å²) in [7, 11) is 0. The van der Waals surface area contributed by atoms with E-state index >= 15 is 0 Å². The van der Waals surface area contributed by atoms with E-state index in [0.717, 1.165) is 24.2 Å². The van der Waals surface area contributed by atoms with Crippen LogP contribution in [0, 0.1) is 18.3 Å². The van der Waals surface area contributed by atoms with E-state index in [9.17, 15) is 0 Å². The number of nitriles is 1. The lowest BCUT2D eigenvalue weighted by atomic mass is 10.1. The predicted octanol–water partition coefficient (Wildman–Crippen LogP) is 3.96. The summed E-state index contributed by atoms with van der Waals surface area (Å²) in [6.07, 6.45) is 2.25. The Kier molecular flexibility index (Phi) is 4.15. The van der Waals surface area contributed by atoms with Gasteiger partial charge in [-0.3, -0.25) is 0 Å². The molecule has 19 heavy (non-hydrogen) atoms. The Hall–Kier alpha value is -2.34. The van der Waals surface area contributed by atoms with Crippen LogP contribution in [0.2, 0.25) is 0 Å². The minimum absolute atomic E-state index is 0.623. The average molecular weight is 251 g/mol. The highest BCUT2D eigenvalue weighted by Gasteiger charge is 2.01. The smallest absolute Gasteiger partial charge is 0.131 e. The van der Waals surface area contributed by atoms with Gasteiger partial charge in [0.05, 0.1) is 11.6 Å². The Morgan fingerprint density at radius 2 is 1.95 bits per heavy atom. The molecule has 3 heteroatoms. The quantitative estimate of drug-likeness (QED) is 0.894. The first kappa shape index (κ1) is 13.1. The van der Waals surface area contributed by atoms with Gasteiger partial charge in [0.25, 0.3) is 0 Å². The lowest BCUT2D eigenvalue weighted by Gasteiger charge is -2.08. The molecule has 1 aromatic carbocycles. The highest BCUT2D eigenvalue weighted by Crippen LogP contribution is 2.17. The molecule has 0 aliphatic carbocycles. The summed E-state index contributed by atoms with van der Waals surface area (Å²) < 4.78 is 0. The van der Waals surface area contributed by atoms with Crippen molar-refractivity contribution in [2.24, 2.45) is 0 Å². The zero-order valence-corrected chi connectivity index (χ0v) is 11.3. The van der Waals surface area contributed by atoms with Crippen molar-refractivity contribution in [1.29, 1.82) is 5.26 Å². The fourth-order valence-corrected chi connectivity index (χ4v) is 1.99.